The van der Waals surface area contributed by atoms with Gasteiger partial charge in [-0.2, -0.15) is 11.8 Å². The lowest BCUT2D eigenvalue weighted by Gasteiger charge is -2.41. The van der Waals surface area contributed by atoms with Crippen LogP contribution >= 0.6 is 11.8 Å². The number of benzene rings is 1. The predicted octanol–water partition coefficient (Wildman–Crippen LogP) is 1.75. The van der Waals surface area contributed by atoms with Gasteiger partial charge in [0.2, 0.25) is 35.4 Å². The third-order valence-electron chi connectivity index (χ3n) is 9.25. The molecule has 1 aliphatic heterocycles. The number of urea groups is 1. The summed E-state index contributed by atoms with van der Waals surface area (Å²) in [6.45, 7) is 15.4. The minimum absolute atomic E-state index is 0.00843. The molecule has 330 valence electrons. The van der Waals surface area contributed by atoms with Gasteiger partial charge >= 0.3 is 12.1 Å². The molecule has 0 aliphatic carbocycles. The van der Waals surface area contributed by atoms with Gasteiger partial charge in [0.25, 0.3) is 0 Å². The number of hydrogen-bond donors (Lipinski definition) is 5. The third kappa shape index (κ3) is 16.4. The molecule has 19 nitrogen and oxygen atoms in total. The molecule has 0 radical (unpaired) electrons. The monoisotopic (exact) mass is 857 g/mol. The first-order valence-corrected chi connectivity index (χ1v) is 20.6. The number of ether oxygens (including phenoxy) is 1. The number of ketones is 1. The van der Waals surface area contributed by atoms with Gasteiger partial charge in [-0.05, 0) is 61.4 Å². The van der Waals surface area contributed by atoms with Gasteiger partial charge < -0.3 is 51.3 Å². The van der Waals surface area contributed by atoms with Gasteiger partial charge in [0.15, 0.2) is 5.78 Å². The zero-order chi connectivity index (χ0) is 45.1. The van der Waals surface area contributed by atoms with Gasteiger partial charge in [0.1, 0.15) is 18.7 Å². The molecule has 1 saturated heterocycles. The number of anilines is 1. The van der Waals surface area contributed by atoms with E-state index in [1.54, 1.807) is 38.1 Å². The summed E-state index contributed by atoms with van der Waals surface area (Å²) < 4.78 is 5.39. The molecule has 20 heteroatoms. The van der Waals surface area contributed by atoms with Crippen molar-refractivity contribution in [1.29, 1.82) is 0 Å². The molecule has 0 aromatic heterocycles. The number of Topliss-reactive ketones (excluding diaryl/α,β-unsaturated/α-hetero) is 1. The van der Waals surface area contributed by atoms with Crippen LogP contribution in [0.3, 0.4) is 0 Å². The van der Waals surface area contributed by atoms with Gasteiger partial charge in [-0.25, -0.2) is 9.59 Å². The summed E-state index contributed by atoms with van der Waals surface area (Å²) in [6.07, 6.45) is 1.92. The van der Waals surface area contributed by atoms with E-state index in [9.17, 15) is 43.2 Å². The van der Waals surface area contributed by atoms with Gasteiger partial charge in [0, 0.05) is 31.5 Å². The average Bonchev–Trinajstić information content (AvgIpc) is 3.20. The van der Waals surface area contributed by atoms with Gasteiger partial charge in [0.05, 0.1) is 31.8 Å². The van der Waals surface area contributed by atoms with Crippen LogP contribution in [0, 0.1) is 11.8 Å². The molecule has 60 heavy (non-hydrogen) atoms. The van der Waals surface area contributed by atoms with Crippen molar-refractivity contribution >= 4 is 70.8 Å². The molecule has 1 aromatic rings. The van der Waals surface area contributed by atoms with Crippen LogP contribution in [0.4, 0.5) is 15.3 Å². The summed E-state index contributed by atoms with van der Waals surface area (Å²) in [5.74, 6) is -3.39. The van der Waals surface area contributed by atoms with Crippen molar-refractivity contribution in [1.82, 2.24) is 35.6 Å². The van der Waals surface area contributed by atoms with E-state index in [2.05, 4.69) is 34.4 Å². The quantitative estimate of drug-likeness (QED) is 0.0830. The van der Waals surface area contributed by atoms with Crippen LogP contribution in [0.15, 0.2) is 49.6 Å². The lowest BCUT2D eigenvalue weighted by atomic mass is 10.00. The van der Waals surface area contributed by atoms with E-state index >= 15 is 0 Å². The number of nitrogens with one attached hydrogen (secondary N) is 4. The lowest BCUT2D eigenvalue weighted by molar-refractivity contribution is -0.154. The number of rotatable bonds is 22. The fourth-order valence-electron chi connectivity index (χ4n) is 6.19. The van der Waals surface area contributed by atoms with Gasteiger partial charge in [-0.1, -0.05) is 53.0 Å². The van der Waals surface area contributed by atoms with Crippen LogP contribution in [0.25, 0.3) is 0 Å². The number of nitrogens with zero attached hydrogens (tertiary/aromatic N) is 4. The minimum Gasteiger partial charge on any atom is -0.445 e. The van der Waals surface area contributed by atoms with Crippen LogP contribution in [-0.2, 0) is 44.9 Å². The van der Waals surface area contributed by atoms with Crippen LogP contribution in [-0.4, -0.2) is 136 Å². The zero-order valence-corrected chi connectivity index (χ0v) is 36.0. The highest BCUT2D eigenvalue weighted by atomic mass is 32.2. The Labute approximate surface area is 355 Å². The Kier molecular flexibility index (Phi) is 20.8. The van der Waals surface area contributed by atoms with Crippen molar-refractivity contribution in [2.75, 3.05) is 50.4 Å². The van der Waals surface area contributed by atoms with Gasteiger partial charge in [-0.15, -0.1) is 0 Å². The third-order valence-corrected chi connectivity index (χ3v) is 10.2. The molecule has 1 aliphatic rings. The Bertz CT molecular complexity index is 1710. The maximum atomic E-state index is 13.6. The topological polar surface area (TPSA) is 250 Å². The molecule has 3 atom stereocenters. The molecule has 1 fully saturated rings. The van der Waals surface area contributed by atoms with E-state index in [0.29, 0.717) is 11.3 Å². The van der Waals surface area contributed by atoms with E-state index in [1.807, 2.05) is 13.8 Å². The molecule has 0 bridgehead atoms. The van der Waals surface area contributed by atoms with Crippen LogP contribution < -0.4 is 27.0 Å². The Morgan fingerprint density at radius 1 is 0.867 bits per heavy atom. The second-order valence-corrected chi connectivity index (χ2v) is 15.9. The number of primary amides is 1. The largest absolute Gasteiger partial charge is 0.445 e. The Balaban J connectivity index is 2.00. The predicted molar refractivity (Wildman–Crippen MR) is 225 cm³/mol. The highest BCUT2D eigenvalue weighted by Gasteiger charge is 2.32. The minimum atomic E-state index is -1.08. The van der Waals surface area contributed by atoms with E-state index in [-0.39, 0.29) is 87.5 Å². The number of amides is 9. The summed E-state index contributed by atoms with van der Waals surface area (Å²) in [7, 11) is 1.50. The summed E-state index contributed by atoms with van der Waals surface area (Å²) in [5.41, 5.74) is 6.17. The summed E-state index contributed by atoms with van der Waals surface area (Å²) >= 11 is 1.16. The fourth-order valence-corrected chi connectivity index (χ4v) is 6.92. The highest BCUT2D eigenvalue weighted by molar-refractivity contribution is 7.99. The van der Waals surface area contributed by atoms with Crippen molar-refractivity contribution in [3.8, 4) is 0 Å². The zero-order valence-electron chi connectivity index (χ0n) is 35.2. The number of hydrogen-bond acceptors (Lipinski definition) is 11. The van der Waals surface area contributed by atoms with E-state index in [0.717, 1.165) is 23.9 Å². The van der Waals surface area contributed by atoms with E-state index in [4.69, 9.17) is 10.5 Å². The second-order valence-electron chi connectivity index (χ2n) is 14.8. The maximum absolute atomic E-state index is 13.6. The fraction of sp³-hybridized carbons (Fsp3) is 0.525. The van der Waals surface area contributed by atoms with Crippen molar-refractivity contribution in [3.05, 3.63) is 55.1 Å². The average molecular weight is 858 g/mol. The summed E-state index contributed by atoms with van der Waals surface area (Å²) in [5, 5.41) is 10.6. The molecule has 6 N–H and O–H groups in total. The van der Waals surface area contributed by atoms with Crippen molar-refractivity contribution in [2.24, 2.45) is 17.6 Å². The molecule has 9 amide bonds. The molecule has 0 spiro atoms. The lowest BCUT2D eigenvalue weighted by Crippen LogP contribution is -2.59. The summed E-state index contributed by atoms with van der Waals surface area (Å²) in [6, 6.07) is 2.99. The number of likely N-dealkylation sites (N-methyl/N-ethyl adjacent to an activating group) is 1. The smallest absolute Gasteiger partial charge is 0.410 e. The highest BCUT2D eigenvalue weighted by Crippen LogP contribution is 2.16. The van der Waals surface area contributed by atoms with Crippen LogP contribution in [0.5, 0.6) is 0 Å². The van der Waals surface area contributed by atoms with Crippen molar-refractivity contribution < 1.29 is 47.9 Å². The van der Waals surface area contributed by atoms with Crippen LogP contribution in [0.2, 0.25) is 0 Å². The first kappa shape index (κ1) is 50.2. The molecule has 2 rings (SSSR count). The summed E-state index contributed by atoms with van der Waals surface area (Å²) in [4.78, 5) is 119. The van der Waals surface area contributed by atoms with Gasteiger partial charge in [-0.3, -0.25) is 33.6 Å². The molecular weight excluding hydrogens is 799 g/mol. The molecule has 0 saturated carbocycles. The Morgan fingerprint density at radius 3 is 1.97 bits per heavy atom. The van der Waals surface area contributed by atoms with Crippen LogP contribution in [0.1, 0.15) is 59.4 Å². The van der Waals surface area contributed by atoms with E-state index in [1.165, 1.54) is 33.6 Å². The number of nitrogens with two attached hydrogens (primary N) is 1. The van der Waals surface area contributed by atoms with Crippen molar-refractivity contribution in [3.63, 3.8) is 0 Å². The molecular formula is C40H59N9O10S. The SMILES string of the molecule is C=CC(=O)N1CN(C(=O)C=C)CN(C(=O)CCSCC(=O)NC(C(=O)N[C@@H](CCCNC(N)=O)C(=O)Nc2ccc(COC(=O)N(C)C(C(C)=O)C(C)C)cc2)C(C)C)C1. The normalized spacial score (nSPS) is 14.0. The standard InChI is InChI=1S/C40H59N9O10S/c1-9-32(52)47-22-48(33(53)10-2)24-49(23-47)34(54)17-19-60-21-31(51)45-35(25(3)4)38(56)44-30(12-11-18-42-39(41)57)37(55)43-29-15-13-28(14-16-29)20-59-40(58)46(8)36(26(5)6)27(7)50/h9-10,13-16,25-26,30,35-36H,1-2,11-12,17-24H2,3-8H3,(H,43,55)(H,44,56)(H,45,51)(H3,41,42,57)/t30-,35?,36?/m0/s1. The molecule has 2 unspecified atom stereocenters. The first-order chi connectivity index (χ1) is 28.3. The Morgan fingerprint density at radius 2 is 1.45 bits per heavy atom. The first-order valence-electron chi connectivity index (χ1n) is 19.4. The Hall–Kier alpha value is -5.92. The van der Waals surface area contributed by atoms with E-state index < -0.39 is 59.8 Å². The maximum Gasteiger partial charge on any atom is 0.410 e. The molecule has 1 heterocycles. The number of thioether (sulfide) groups is 1. The second kappa shape index (κ2) is 24.9. The molecule has 1 aromatic carbocycles. The van der Waals surface area contributed by atoms with Crippen molar-refractivity contribution in [2.45, 2.75) is 78.6 Å². The number of carbonyl (C=O) groups excluding carboxylic acids is 9. The number of carbonyl (C=O) groups is 9.